The lowest BCUT2D eigenvalue weighted by molar-refractivity contribution is -0.138. The monoisotopic (exact) mass is 198 g/mol. The normalized spacial score (nSPS) is 21.9. The van der Waals surface area contributed by atoms with Gasteiger partial charge in [-0.25, -0.2) is 4.79 Å². The van der Waals surface area contributed by atoms with Gasteiger partial charge in [0.05, 0.1) is 6.61 Å². The van der Waals surface area contributed by atoms with Gasteiger partial charge in [-0.1, -0.05) is 6.92 Å². The fourth-order valence-electron chi connectivity index (χ4n) is 1.39. The van der Waals surface area contributed by atoms with Gasteiger partial charge >= 0.3 is 5.97 Å². The Morgan fingerprint density at radius 1 is 1.64 bits per heavy atom. The van der Waals surface area contributed by atoms with E-state index in [0.717, 1.165) is 0 Å². The lowest BCUT2D eigenvalue weighted by atomic mass is 9.95. The first-order valence-electron chi connectivity index (χ1n) is 4.56. The van der Waals surface area contributed by atoms with Gasteiger partial charge in [-0.05, 0) is 18.9 Å². The van der Waals surface area contributed by atoms with Crippen molar-refractivity contribution in [1.82, 2.24) is 0 Å². The highest BCUT2D eigenvalue weighted by Gasteiger charge is 2.25. The highest BCUT2D eigenvalue weighted by molar-refractivity contribution is 5.93. The van der Waals surface area contributed by atoms with Gasteiger partial charge in [-0.15, -0.1) is 0 Å². The van der Waals surface area contributed by atoms with Crippen molar-refractivity contribution in [2.24, 2.45) is 5.92 Å². The van der Waals surface area contributed by atoms with Crippen LogP contribution < -0.4 is 0 Å². The first kappa shape index (κ1) is 10.6. The van der Waals surface area contributed by atoms with Gasteiger partial charge in [0, 0.05) is 6.42 Å². The molecule has 1 atom stereocenters. The fraction of sp³-hybridized carbons (Fsp3) is 0.500. The van der Waals surface area contributed by atoms with E-state index in [9.17, 15) is 15.0 Å². The average molecular weight is 198 g/mol. The lowest BCUT2D eigenvalue weighted by Crippen LogP contribution is -2.16. The minimum Gasteiger partial charge on any atom is -0.511 e. The Bertz CT molecular complexity index is 301. The molecule has 4 heteroatoms. The van der Waals surface area contributed by atoms with E-state index in [2.05, 4.69) is 0 Å². The summed E-state index contributed by atoms with van der Waals surface area (Å²) in [5, 5.41) is 18.9. The maximum absolute atomic E-state index is 11.3. The molecule has 1 aliphatic carbocycles. The summed E-state index contributed by atoms with van der Waals surface area (Å²) >= 11 is 0. The summed E-state index contributed by atoms with van der Waals surface area (Å²) < 4.78 is 4.70. The third-order valence-corrected chi connectivity index (χ3v) is 1.98. The molecule has 1 aliphatic rings. The second kappa shape index (κ2) is 4.17. The zero-order chi connectivity index (χ0) is 10.7. The molecule has 78 valence electrons. The predicted octanol–water partition coefficient (Wildman–Crippen LogP) is 1.84. The van der Waals surface area contributed by atoms with E-state index in [4.69, 9.17) is 4.74 Å². The number of hydrogen-bond acceptors (Lipinski definition) is 4. The standard InChI is InChI=1S/C10H14O4/c1-3-14-10(13)9-7(11)4-6(2)5-8(9)12/h4,6,11-12H,3,5H2,1-2H3. The van der Waals surface area contributed by atoms with Crippen LogP contribution in [-0.4, -0.2) is 22.8 Å². The summed E-state index contributed by atoms with van der Waals surface area (Å²) in [6.07, 6.45) is 1.89. The summed E-state index contributed by atoms with van der Waals surface area (Å²) in [4.78, 5) is 11.3. The first-order valence-corrected chi connectivity index (χ1v) is 4.56. The van der Waals surface area contributed by atoms with Gasteiger partial charge in [-0.3, -0.25) is 0 Å². The van der Waals surface area contributed by atoms with Crippen LogP contribution in [0, 0.1) is 5.92 Å². The molecular formula is C10H14O4. The van der Waals surface area contributed by atoms with Crippen LogP contribution in [0.3, 0.4) is 0 Å². The third-order valence-electron chi connectivity index (χ3n) is 1.98. The van der Waals surface area contributed by atoms with Gasteiger partial charge in [0.15, 0.2) is 0 Å². The Morgan fingerprint density at radius 3 is 2.79 bits per heavy atom. The molecule has 0 fully saturated rings. The maximum Gasteiger partial charge on any atom is 0.345 e. The SMILES string of the molecule is CCOC(=O)C1=C(O)CC(C)C=C1O. The minimum atomic E-state index is -0.675. The number of allylic oxidation sites excluding steroid dienone is 2. The van der Waals surface area contributed by atoms with E-state index < -0.39 is 5.97 Å². The number of carbonyl (C=O) groups excluding carboxylic acids is 1. The number of aliphatic hydroxyl groups is 2. The predicted molar refractivity (Wildman–Crippen MR) is 50.8 cm³/mol. The average Bonchev–Trinajstić information content (AvgIpc) is 2.01. The summed E-state index contributed by atoms with van der Waals surface area (Å²) in [5.41, 5.74) is -0.107. The summed E-state index contributed by atoms with van der Waals surface area (Å²) in [5.74, 6) is -0.936. The molecular weight excluding hydrogens is 184 g/mol. The number of ether oxygens (including phenoxy) is 1. The van der Waals surface area contributed by atoms with Gasteiger partial charge in [0.25, 0.3) is 0 Å². The van der Waals surface area contributed by atoms with Gasteiger partial charge < -0.3 is 14.9 Å². The maximum atomic E-state index is 11.3. The molecule has 0 aromatic heterocycles. The lowest BCUT2D eigenvalue weighted by Gasteiger charge is -2.17. The van der Waals surface area contributed by atoms with Crippen LogP contribution in [0.2, 0.25) is 0 Å². The second-order valence-corrected chi connectivity index (χ2v) is 3.28. The molecule has 1 unspecified atom stereocenters. The topological polar surface area (TPSA) is 66.8 Å². The van der Waals surface area contributed by atoms with Crippen LogP contribution in [0.5, 0.6) is 0 Å². The van der Waals surface area contributed by atoms with Crippen LogP contribution in [0.4, 0.5) is 0 Å². The van der Waals surface area contributed by atoms with Crippen molar-refractivity contribution in [2.45, 2.75) is 20.3 Å². The van der Waals surface area contributed by atoms with E-state index in [1.807, 2.05) is 6.92 Å². The van der Waals surface area contributed by atoms with Gasteiger partial charge in [-0.2, -0.15) is 0 Å². The van der Waals surface area contributed by atoms with Crippen LogP contribution >= 0.6 is 0 Å². The molecule has 2 N–H and O–H groups in total. The molecule has 0 saturated carbocycles. The van der Waals surface area contributed by atoms with Crippen molar-refractivity contribution >= 4 is 5.97 Å². The smallest absolute Gasteiger partial charge is 0.345 e. The fourth-order valence-corrected chi connectivity index (χ4v) is 1.39. The number of aliphatic hydroxyl groups excluding tert-OH is 2. The van der Waals surface area contributed by atoms with Crippen molar-refractivity contribution in [3.8, 4) is 0 Å². The second-order valence-electron chi connectivity index (χ2n) is 3.28. The molecule has 1 rings (SSSR count). The zero-order valence-corrected chi connectivity index (χ0v) is 8.28. The number of carbonyl (C=O) groups is 1. The van der Waals surface area contributed by atoms with Crippen LogP contribution in [-0.2, 0) is 9.53 Å². The Balaban J connectivity index is 2.91. The largest absolute Gasteiger partial charge is 0.511 e. The van der Waals surface area contributed by atoms with Crippen molar-refractivity contribution in [3.63, 3.8) is 0 Å². The molecule has 0 bridgehead atoms. The van der Waals surface area contributed by atoms with E-state index in [0.29, 0.717) is 6.42 Å². The van der Waals surface area contributed by atoms with Crippen molar-refractivity contribution in [3.05, 3.63) is 23.2 Å². The quantitative estimate of drug-likeness (QED) is 0.664. The Morgan fingerprint density at radius 2 is 2.29 bits per heavy atom. The molecule has 0 aromatic carbocycles. The Labute approximate surface area is 82.5 Å². The minimum absolute atomic E-state index is 0.0353. The molecule has 0 radical (unpaired) electrons. The van der Waals surface area contributed by atoms with Gasteiger partial charge in [0.1, 0.15) is 17.1 Å². The molecule has 0 amide bonds. The summed E-state index contributed by atoms with van der Waals surface area (Å²) in [6.45, 7) is 3.73. The highest BCUT2D eigenvalue weighted by Crippen LogP contribution is 2.26. The number of hydrogen-bond donors (Lipinski definition) is 2. The van der Waals surface area contributed by atoms with E-state index in [1.54, 1.807) is 6.92 Å². The Hall–Kier alpha value is -1.45. The molecule has 0 aromatic rings. The zero-order valence-electron chi connectivity index (χ0n) is 8.28. The number of esters is 1. The van der Waals surface area contributed by atoms with Gasteiger partial charge in [0.2, 0.25) is 0 Å². The number of rotatable bonds is 2. The molecule has 4 nitrogen and oxygen atoms in total. The highest BCUT2D eigenvalue weighted by atomic mass is 16.5. The summed E-state index contributed by atoms with van der Waals surface area (Å²) in [6, 6.07) is 0. The first-order chi connectivity index (χ1) is 6.56. The van der Waals surface area contributed by atoms with E-state index in [1.165, 1.54) is 6.08 Å². The molecule has 0 heterocycles. The molecule has 0 spiro atoms. The molecule has 0 aliphatic heterocycles. The third kappa shape index (κ3) is 2.07. The molecule has 0 saturated heterocycles. The van der Waals surface area contributed by atoms with Crippen LogP contribution in [0.25, 0.3) is 0 Å². The van der Waals surface area contributed by atoms with E-state index in [-0.39, 0.29) is 29.6 Å². The molecule has 14 heavy (non-hydrogen) atoms. The van der Waals surface area contributed by atoms with E-state index >= 15 is 0 Å². The van der Waals surface area contributed by atoms with Crippen LogP contribution in [0.1, 0.15) is 20.3 Å². The van der Waals surface area contributed by atoms with Crippen molar-refractivity contribution in [1.29, 1.82) is 0 Å². The van der Waals surface area contributed by atoms with Crippen LogP contribution in [0.15, 0.2) is 23.2 Å². The van der Waals surface area contributed by atoms with Crippen molar-refractivity contribution < 1.29 is 19.7 Å². The Kier molecular flexibility index (Phi) is 3.17. The van der Waals surface area contributed by atoms with Crippen molar-refractivity contribution in [2.75, 3.05) is 6.61 Å². The summed E-state index contributed by atoms with van der Waals surface area (Å²) in [7, 11) is 0.